The van der Waals surface area contributed by atoms with E-state index in [4.69, 9.17) is 5.73 Å². The van der Waals surface area contributed by atoms with E-state index in [-0.39, 0.29) is 0 Å². The van der Waals surface area contributed by atoms with Gasteiger partial charge in [0.1, 0.15) is 0 Å². The summed E-state index contributed by atoms with van der Waals surface area (Å²) >= 11 is 0. The molecule has 1 aliphatic carbocycles. The van der Waals surface area contributed by atoms with Crippen molar-refractivity contribution in [2.45, 2.75) is 25.7 Å². The molecular weight excluding hydrogens is 202 g/mol. The second-order valence-electron chi connectivity index (χ2n) is 4.26. The second kappa shape index (κ2) is 3.30. The molecule has 0 saturated heterocycles. The predicted octanol–water partition coefficient (Wildman–Crippen LogP) is 1.43. The van der Waals surface area contributed by atoms with Crippen LogP contribution < -0.4 is 5.73 Å². The van der Waals surface area contributed by atoms with Gasteiger partial charge in [0.15, 0.2) is 5.82 Å². The van der Waals surface area contributed by atoms with E-state index in [1.165, 1.54) is 12.8 Å². The molecule has 2 aromatic rings. The van der Waals surface area contributed by atoms with Crippen molar-refractivity contribution in [2.75, 3.05) is 5.73 Å². The number of nitrogens with zero attached hydrogens (tertiary/aromatic N) is 4. The molecule has 82 valence electrons. The van der Waals surface area contributed by atoms with Crippen LogP contribution in [-0.4, -0.2) is 20.2 Å². The monoisotopic (exact) mass is 215 g/mol. The largest absolute Gasteiger partial charge is 0.399 e. The first-order valence-electron chi connectivity index (χ1n) is 5.40. The van der Waals surface area contributed by atoms with Crippen LogP contribution in [0.25, 0.3) is 5.69 Å². The highest BCUT2D eigenvalue weighted by Crippen LogP contribution is 2.39. The zero-order valence-corrected chi connectivity index (χ0v) is 9.09. The van der Waals surface area contributed by atoms with Crippen molar-refractivity contribution >= 4 is 5.69 Å². The molecule has 0 atom stereocenters. The third kappa shape index (κ3) is 1.44. The molecule has 1 fully saturated rings. The van der Waals surface area contributed by atoms with Gasteiger partial charge in [0.2, 0.25) is 0 Å². The Balaban J connectivity index is 2.07. The minimum Gasteiger partial charge on any atom is -0.399 e. The minimum atomic E-state index is 0.535. The number of tetrazole rings is 1. The number of anilines is 1. The molecule has 1 saturated carbocycles. The van der Waals surface area contributed by atoms with Crippen LogP contribution in [0.4, 0.5) is 5.69 Å². The number of hydrogen-bond donors (Lipinski definition) is 1. The van der Waals surface area contributed by atoms with Gasteiger partial charge in [-0.05, 0) is 54.0 Å². The zero-order chi connectivity index (χ0) is 11.1. The van der Waals surface area contributed by atoms with Crippen LogP contribution in [-0.2, 0) is 0 Å². The molecular formula is C11H13N5. The Morgan fingerprint density at radius 1 is 1.38 bits per heavy atom. The molecule has 5 nitrogen and oxygen atoms in total. The van der Waals surface area contributed by atoms with Gasteiger partial charge in [-0.2, -0.15) is 4.68 Å². The SMILES string of the molecule is Cc1cc(-n2nnnc2C2CC2)ccc1N. The molecule has 0 unspecified atom stereocenters. The summed E-state index contributed by atoms with van der Waals surface area (Å²) in [5.74, 6) is 1.50. The predicted molar refractivity (Wildman–Crippen MR) is 60.3 cm³/mol. The lowest BCUT2D eigenvalue weighted by molar-refractivity contribution is 0.763. The Morgan fingerprint density at radius 2 is 2.19 bits per heavy atom. The van der Waals surface area contributed by atoms with Gasteiger partial charge < -0.3 is 5.73 Å². The summed E-state index contributed by atoms with van der Waals surface area (Å²) < 4.78 is 1.81. The van der Waals surface area contributed by atoms with Crippen LogP contribution in [0.1, 0.15) is 30.1 Å². The van der Waals surface area contributed by atoms with Gasteiger partial charge in [0.25, 0.3) is 0 Å². The van der Waals surface area contributed by atoms with Crippen LogP contribution in [0.2, 0.25) is 0 Å². The fourth-order valence-corrected chi connectivity index (χ4v) is 1.77. The van der Waals surface area contributed by atoms with E-state index < -0.39 is 0 Å². The van der Waals surface area contributed by atoms with Crippen molar-refractivity contribution in [3.05, 3.63) is 29.6 Å². The first-order chi connectivity index (χ1) is 7.75. The lowest BCUT2D eigenvalue weighted by Crippen LogP contribution is -2.03. The van der Waals surface area contributed by atoms with Crippen molar-refractivity contribution in [1.29, 1.82) is 0 Å². The van der Waals surface area contributed by atoms with Crippen molar-refractivity contribution in [2.24, 2.45) is 0 Å². The maximum atomic E-state index is 5.79. The van der Waals surface area contributed by atoms with Crippen molar-refractivity contribution in [1.82, 2.24) is 20.2 Å². The van der Waals surface area contributed by atoms with E-state index in [9.17, 15) is 0 Å². The fourth-order valence-electron chi connectivity index (χ4n) is 1.77. The number of aromatic nitrogens is 4. The maximum Gasteiger partial charge on any atom is 0.159 e. The lowest BCUT2D eigenvalue weighted by Gasteiger charge is -2.06. The molecule has 0 radical (unpaired) electrons. The second-order valence-corrected chi connectivity index (χ2v) is 4.26. The molecule has 1 aromatic carbocycles. The van der Waals surface area contributed by atoms with Crippen molar-refractivity contribution < 1.29 is 0 Å². The number of nitrogens with two attached hydrogens (primary N) is 1. The Morgan fingerprint density at radius 3 is 2.88 bits per heavy atom. The summed E-state index contributed by atoms with van der Waals surface area (Å²) in [5, 5.41) is 11.9. The third-order valence-corrected chi connectivity index (χ3v) is 2.93. The van der Waals surface area contributed by atoms with Crippen LogP contribution in [0.3, 0.4) is 0 Å². The van der Waals surface area contributed by atoms with Crippen LogP contribution in [0, 0.1) is 6.92 Å². The summed E-state index contributed by atoms with van der Waals surface area (Å²) in [6.07, 6.45) is 2.38. The molecule has 0 spiro atoms. The summed E-state index contributed by atoms with van der Waals surface area (Å²) in [6.45, 7) is 1.99. The zero-order valence-electron chi connectivity index (χ0n) is 9.09. The molecule has 0 bridgehead atoms. The lowest BCUT2D eigenvalue weighted by atomic mass is 10.2. The van der Waals surface area contributed by atoms with E-state index >= 15 is 0 Å². The van der Waals surface area contributed by atoms with E-state index in [1.54, 1.807) is 0 Å². The molecule has 1 aromatic heterocycles. The summed E-state index contributed by atoms with van der Waals surface area (Å²) in [4.78, 5) is 0. The van der Waals surface area contributed by atoms with E-state index in [2.05, 4.69) is 15.5 Å². The molecule has 1 heterocycles. The molecule has 16 heavy (non-hydrogen) atoms. The van der Waals surface area contributed by atoms with Crippen LogP contribution in [0.15, 0.2) is 18.2 Å². The summed E-state index contributed by atoms with van der Waals surface area (Å²) in [6, 6.07) is 5.85. The van der Waals surface area contributed by atoms with Gasteiger partial charge in [-0.25, -0.2) is 0 Å². The standard InChI is InChI=1S/C11H13N5/c1-7-6-9(4-5-10(7)12)16-11(8-2-3-8)13-14-15-16/h4-6,8H,2-3,12H2,1H3. The van der Waals surface area contributed by atoms with Gasteiger partial charge >= 0.3 is 0 Å². The van der Waals surface area contributed by atoms with Crippen molar-refractivity contribution in [3.8, 4) is 5.69 Å². The van der Waals surface area contributed by atoms with Gasteiger partial charge in [0, 0.05) is 11.6 Å². The number of hydrogen-bond acceptors (Lipinski definition) is 4. The van der Waals surface area contributed by atoms with E-state index in [0.29, 0.717) is 5.92 Å². The topological polar surface area (TPSA) is 69.6 Å². The fraction of sp³-hybridized carbons (Fsp3) is 0.364. The van der Waals surface area contributed by atoms with Gasteiger partial charge in [-0.3, -0.25) is 0 Å². The number of rotatable bonds is 2. The first kappa shape index (κ1) is 9.33. The van der Waals surface area contributed by atoms with E-state index in [0.717, 1.165) is 22.8 Å². The van der Waals surface area contributed by atoms with Gasteiger partial charge in [0.05, 0.1) is 5.69 Å². The van der Waals surface area contributed by atoms with E-state index in [1.807, 2.05) is 29.8 Å². The molecule has 0 amide bonds. The Kier molecular flexibility index (Phi) is 1.92. The van der Waals surface area contributed by atoms with Crippen LogP contribution >= 0.6 is 0 Å². The number of nitrogen functional groups attached to an aromatic ring is 1. The molecule has 2 N–H and O–H groups in total. The Labute approximate surface area is 93.3 Å². The van der Waals surface area contributed by atoms with Gasteiger partial charge in [-0.15, -0.1) is 5.10 Å². The minimum absolute atomic E-state index is 0.535. The number of benzene rings is 1. The highest BCUT2D eigenvalue weighted by atomic mass is 15.5. The highest BCUT2D eigenvalue weighted by Gasteiger charge is 2.29. The Bertz CT molecular complexity index is 527. The average molecular weight is 215 g/mol. The molecule has 3 rings (SSSR count). The molecule has 1 aliphatic rings. The third-order valence-electron chi connectivity index (χ3n) is 2.93. The molecule has 0 aliphatic heterocycles. The van der Waals surface area contributed by atoms with Crippen molar-refractivity contribution in [3.63, 3.8) is 0 Å². The maximum absolute atomic E-state index is 5.79. The first-order valence-corrected chi connectivity index (χ1v) is 5.40. The molecule has 5 heteroatoms. The quantitative estimate of drug-likeness (QED) is 0.769. The number of aryl methyl sites for hydroxylation is 1. The summed E-state index contributed by atoms with van der Waals surface area (Å²) in [5.41, 5.74) is 8.62. The van der Waals surface area contributed by atoms with Crippen LogP contribution in [0.5, 0.6) is 0 Å². The highest BCUT2D eigenvalue weighted by molar-refractivity contribution is 5.51. The Hall–Kier alpha value is -1.91. The smallest absolute Gasteiger partial charge is 0.159 e. The summed E-state index contributed by atoms with van der Waals surface area (Å²) in [7, 11) is 0. The normalized spacial score (nSPS) is 15.3. The van der Waals surface area contributed by atoms with Gasteiger partial charge in [-0.1, -0.05) is 0 Å². The average Bonchev–Trinajstić information content (AvgIpc) is 3.01.